The van der Waals surface area contributed by atoms with Crippen molar-refractivity contribution in [3.05, 3.63) is 87.1 Å². The van der Waals surface area contributed by atoms with Gasteiger partial charge in [0.2, 0.25) is 0 Å². The zero-order valence-corrected chi connectivity index (χ0v) is 15.1. The Bertz CT molecular complexity index is 882. The molecule has 1 aromatic rings. The molecule has 0 heteroatoms. The fraction of sp³-hybridized carbons (Fsp3) is 0.360. The maximum atomic E-state index is 2.55. The second kappa shape index (κ2) is 6.02. The molecule has 1 unspecified atom stereocenters. The van der Waals surface area contributed by atoms with Gasteiger partial charge in [0.1, 0.15) is 0 Å². The number of rotatable bonds is 3. The van der Waals surface area contributed by atoms with Crippen LogP contribution in [0, 0.1) is 5.92 Å². The predicted molar refractivity (Wildman–Crippen MR) is 106 cm³/mol. The van der Waals surface area contributed by atoms with Crippen molar-refractivity contribution < 1.29 is 0 Å². The minimum Gasteiger partial charge on any atom is -0.0697 e. The summed E-state index contributed by atoms with van der Waals surface area (Å²) in [7, 11) is 0. The summed E-state index contributed by atoms with van der Waals surface area (Å²) >= 11 is 0. The van der Waals surface area contributed by atoms with E-state index in [0.717, 1.165) is 6.42 Å². The third-order valence-corrected chi connectivity index (χ3v) is 6.50. The first-order valence-electron chi connectivity index (χ1n) is 9.89. The van der Waals surface area contributed by atoms with Crippen LogP contribution in [0.25, 0.3) is 6.08 Å². The van der Waals surface area contributed by atoms with Crippen LogP contribution in [-0.2, 0) is 6.42 Å². The summed E-state index contributed by atoms with van der Waals surface area (Å²) in [4.78, 5) is 0. The Morgan fingerprint density at radius 2 is 1.88 bits per heavy atom. The molecule has 0 N–H and O–H groups in total. The number of allylic oxidation sites excluding steroid dienone is 9. The Morgan fingerprint density at radius 3 is 2.80 bits per heavy atom. The lowest BCUT2D eigenvalue weighted by atomic mass is 9.77. The lowest BCUT2D eigenvalue weighted by molar-refractivity contribution is 0.637. The van der Waals surface area contributed by atoms with E-state index in [0.29, 0.717) is 5.92 Å². The van der Waals surface area contributed by atoms with Crippen LogP contribution in [0.3, 0.4) is 0 Å². The van der Waals surface area contributed by atoms with Gasteiger partial charge in [-0.25, -0.2) is 0 Å². The van der Waals surface area contributed by atoms with Crippen LogP contribution in [-0.4, -0.2) is 0 Å². The molecule has 0 bridgehead atoms. The Kier molecular flexibility index (Phi) is 3.66. The maximum absolute atomic E-state index is 2.55. The summed E-state index contributed by atoms with van der Waals surface area (Å²) < 4.78 is 0. The van der Waals surface area contributed by atoms with Gasteiger partial charge < -0.3 is 0 Å². The molecule has 0 aromatic heterocycles. The van der Waals surface area contributed by atoms with E-state index >= 15 is 0 Å². The number of hydrogen-bond donors (Lipinski definition) is 0. The molecule has 0 saturated heterocycles. The summed E-state index contributed by atoms with van der Waals surface area (Å²) in [6, 6.07) is 8.84. The maximum Gasteiger partial charge on any atom is 0.0242 e. The van der Waals surface area contributed by atoms with Crippen molar-refractivity contribution in [3.8, 4) is 0 Å². The van der Waals surface area contributed by atoms with Crippen molar-refractivity contribution in [2.24, 2.45) is 5.92 Å². The van der Waals surface area contributed by atoms with E-state index in [4.69, 9.17) is 0 Å². The molecule has 0 saturated carbocycles. The summed E-state index contributed by atoms with van der Waals surface area (Å²) in [6.45, 7) is 2.33. The highest BCUT2D eigenvalue weighted by atomic mass is 14.3. The molecule has 0 radical (unpaired) electrons. The summed E-state index contributed by atoms with van der Waals surface area (Å²) in [5.74, 6) is 0.602. The number of fused-ring (bicyclic) bond motifs is 3. The van der Waals surface area contributed by atoms with Crippen LogP contribution in [0.15, 0.2) is 75.9 Å². The van der Waals surface area contributed by atoms with E-state index in [1.807, 2.05) is 0 Å². The van der Waals surface area contributed by atoms with Gasteiger partial charge in [0, 0.05) is 5.92 Å². The van der Waals surface area contributed by atoms with Gasteiger partial charge in [-0.3, -0.25) is 0 Å². The van der Waals surface area contributed by atoms with E-state index in [9.17, 15) is 0 Å². The molecule has 1 aromatic carbocycles. The molecular weight excluding hydrogens is 300 g/mol. The lowest BCUT2D eigenvalue weighted by Gasteiger charge is -2.27. The van der Waals surface area contributed by atoms with Crippen molar-refractivity contribution in [3.63, 3.8) is 0 Å². The zero-order valence-electron chi connectivity index (χ0n) is 15.1. The summed E-state index contributed by atoms with van der Waals surface area (Å²) in [6.07, 6.45) is 18.7. The van der Waals surface area contributed by atoms with Gasteiger partial charge in [0.15, 0.2) is 0 Å². The van der Waals surface area contributed by atoms with Crippen LogP contribution in [0.5, 0.6) is 0 Å². The molecule has 1 atom stereocenters. The van der Waals surface area contributed by atoms with Crippen molar-refractivity contribution >= 4 is 6.08 Å². The van der Waals surface area contributed by atoms with Crippen LogP contribution >= 0.6 is 0 Å². The fourth-order valence-electron chi connectivity index (χ4n) is 5.18. The number of benzene rings is 1. The van der Waals surface area contributed by atoms with Crippen LogP contribution in [0.2, 0.25) is 0 Å². The molecule has 0 nitrogen and oxygen atoms in total. The minimum absolute atomic E-state index is 0.602. The molecule has 0 fully saturated rings. The molecular formula is C25H26. The van der Waals surface area contributed by atoms with Gasteiger partial charge in [0.05, 0.1) is 0 Å². The Labute approximate surface area is 151 Å². The first kappa shape index (κ1) is 15.2. The average Bonchev–Trinajstić information content (AvgIpc) is 3.20. The highest BCUT2D eigenvalue weighted by molar-refractivity contribution is 5.64. The second-order valence-corrected chi connectivity index (χ2v) is 8.03. The molecule has 0 heterocycles. The summed E-state index contributed by atoms with van der Waals surface area (Å²) in [5, 5.41) is 0. The Morgan fingerprint density at radius 1 is 1.00 bits per heavy atom. The molecule has 4 aliphatic carbocycles. The zero-order chi connectivity index (χ0) is 16.8. The summed E-state index contributed by atoms with van der Waals surface area (Å²) in [5.41, 5.74) is 12.7. The molecule has 25 heavy (non-hydrogen) atoms. The SMILES string of the molecule is CC1=CC2C(=C1CCC1=Cc3ccccc3C1)C=CC1=C2CCCC1. The van der Waals surface area contributed by atoms with E-state index < -0.39 is 0 Å². The molecule has 5 rings (SSSR count). The van der Waals surface area contributed by atoms with Gasteiger partial charge >= 0.3 is 0 Å². The highest BCUT2D eigenvalue weighted by Gasteiger charge is 2.30. The Hall–Kier alpha value is -2.08. The van der Waals surface area contributed by atoms with E-state index in [2.05, 4.69) is 55.5 Å². The van der Waals surface area contributed by atoms with Crippen molar-refractivity contribution in [2.45, 2.75) is 51.9 Å². The molecule has 126 valence electrons. The van der Waals surface area contributed by atoms with Crippen LogP contribution in [0.4, 0.5) is 0 Å². The molecule has 0 spiro atoms. The standard InChI is InChI=1S/C25H26/c1-17-14-25-23-9-5-4-6-19(23)11-13-24(25)22(17)12-10-18-15-20-7-2-3-8-21(20)16-18/h2-3,7-8,11,13-15,25H,4-6,9-10,12,16H2,1H3. The monoisotopic (exact) mass is 326 g/mol. The highest BCUT2D eigenvalue weighted by Crippen LogP contribution is 2.46. The molecule has 0 aliphatic heterocycles. The van der Waals surface area contributed by atoms with Crippen LogP contribution in [0.1, 0.15) is 56.6 Å². The quantitative estimate of drug-likeness (QED) is 0.578. The largest absolute Gasteiger partial charge is 0.0697 e. The van der Waals surface area contributed by atoms with Crippen molar-refractivity contribution in [2.75, 3.05) is 0 Å². The fourth-order valence-corrected chi connectivity index (χ4v) is 5.18. The van der Waals surface area contributed by atoms with E-state index in [1.165, 1.54) is 55.2 Å². The van der Waals surface area contributed by atoms with Gasteiger partial charge in [-0.2, -0.15) is 0 Å². The molecule has 0 amide bonds. The van der Waals surface area contributed by atoms with E-state index in [-0.39, 0.29) is 0 Å². The topological polar surface area (TPSA) is 0 Å². The smallest absolute Gasteiger partial charge is 0.0242 e. The normalized spacial score (nSPS) is 24.1. The van der Waals surface area contributed by atoms with Crippen LogP contribution < -0.4 is 0 Å². The van der Waals surface area contributed by atoms with Crippen molar-refractivity contribution in [1.82, 2.24) is 0 Å². The van der Waals surface area contributed by atoms with Gasteiger partial charge in [-0.15, -0.1) is 0 Å². The average molecular weight is 326 g/mol. The van der Waals surface area contributed by atoms with Crippen molar-refractivity contribution in [1.29, 1.82) is 0 Å². The Balaban J connectivity index is 1.36. The third kappa shape index (κ3) is 2.59. The minimum atomic E-state index is 0.602. The van der Waals surface area contributed by atoms with Gasteiger partial charge in [-0.05, 0) is 79.7 Å². The van der Waals surface area contributed by atoms with Gasteiger partial charge in [-0.1, -0.05) is 65.3 Å². The third-order valence-electron chi connectivity index (χ3n) is 6.50. The first-order chi connectivity index (χ1) is 12.3. The first-order valence-corrected chi connectivity index (χ1v) is 9.89. The number of hydrogen-bond acceptors (Lipinski definition) is 0. The predicted octanol–water partition coefficient (Wildman–Crippen LogP) is 6.72. The van der Waals surface area contributed by atoms with Gasteiger partial charge in [0.25, 0.3) is 0 Å². The lowest BCUT2D eigenvalue weighted by Crippen LogP contribution is -2.12. The molecule has 4 aliphatic rings. The second-order valence-electron chi connectivity index (χ2n) is 8.03. The van der Waals surface area contributed by atoms with E-state index in [1.54, 1.807) is 27.9 Å².